The molecule has 160 valence electrons. The number of alkyl halides is 1. The number of rotatable bonds is 9. The average Bonchev–Trinajstić information content (AvgIpc) is 2.71. The van der Waals surface area contributed by atoms with Crippen molar-refractivity contribution in [1.29, 1.82) is 0 Å². The molecule has 0 spiro atoms. The summed E-state index contributed by atoms with van der Waals surface area (Å²) in [7, 11) is -6.01. The molecule has 2 aromatic rings. The lowest BCUT2D eigenvalue weighted by Crippen LogP contribution is -2.55. The summed E-state index contributed by atoms with van der Waals surface area (Å²) in [6.07, 6.45) is 1.52. The number of nitrogens with one attached hydrogen (secondary N) is 1. The van der Waals surface area contributed by atoms with Gasteiger partial charge in [-0.3, -0.25) is 0 Å². The van der Waals surface area contributed by atoms with Crippen molar-refractivity contribution < 1.29 is 17.0 Å². The Hall–Kier alpha value is -1.57. The second-order valence-corrected chi connectivity index (χ2v) is 12.0. The maximum Gasteiger partial charge on any atom is 0.228 e. The Morgan fingerprint density at radius 2 is 1.52 bits per heavy atom. The number of unbranched alkanes of at least 4 members (excludes halogenated alkanes) is 1. The molecule has 0 aliphatic heterocycles. The molecule has 0 radical (unpaired) electrons. The molecule has 0 amide bonds. The summed E-state index contributed by atoms with van der Waals surface area (Å²) in [6.45, 7) is 7.26. The second kappa shape index (κ2) is 9.49. The summed E-state index contributed by atoms with van der Waals surface area (Å²) >= 11 is 0. The minimum atomic E-state index is -4.33. The second-order valence-electron chi connectivity index (χ2n) is 8.10. The number of halogens is 1. The highest BCUT2D eigenvalue weighted by molar-refractivity contribution is 7.92. The summed E-state index contributed by atoms with van der Waals surface area (Å²) < 4.78 is 57.9. The Kier molecular flexibility index (Phi) is 7.76. The number of benzene rings is 2. The van der Waals surface area contributed by atoms with Gasteiger partial charge in [0.15, 0.2) is 0 Å². The van der Waals surface area contributed by atoms with Crippen molar-refractivity contribution in [3.8, 4) is 0 Å². The highest BCUT2D eigenvalue weighted by Crippen LogP contribution is 2.39. The van der Waals surface area contributed by atoms with Crippen molar-refractivity contribution in [2.24, 2.45) is 0 Å². The fourth-order valence-electron chi connectivity index (χ4n) is 3.05. The minimum absolute atomic E-state index is 0.0901. The summed E-state index contributed by atoms with van der Waals surface area (Å²) in [5, 5.41) is 0. The van der Waals surface area contributed by atoms with E-state index >= 15 is 4.39 Å². The number of hydrogen-bond donors (Lipinski definition) is 1. The first-order valence-corrected chi connectivity index (χ1v) is 12.4. The fourth-order valence-corrected chi connectivity index (χ4v) is 5.70. The monoisotopic (exact) mass is 439 g/mol. The van der Waals surface area contributed by atoms with Gasteiger partial charge in [-0.1, -0.05) is 68.3 Å². The van der Waals surface area contributed by atoms with Crippen LogP contribution in [0.25, 0.3) is 0 Å². The molecule has 0 aliphatic carbocycles. The predicted molar refractivity (Wildman–Crippen MR) is 117 cm³/mol. The van der Waals surface area contributed by atoms with Crippen molar-refractivity contribution >= 4 is 20.8 Å². The van der Waals surface area contributed by atoms with Crippen molar-refractivity contribution in [2.45, 2.75) is 67.6 Å². The molecule has 29 heavy (non-hydrogen) atoms. The average molecular weight is 440 g/mol. The van der Waals surface area contributed by atoms with Crippen LogP contribution in [0, 0.1) is 0 Å². The van der Waals surface area contributed by atoms with E-state index in [-0.39, 0.29) is 11.3 Å². The summed E-state index contributed by atoms with van der Waals surface area (Å²) in [6, 6.07) is 16.2. The molecule has 2 rings (SSSR count). The summed E-state index contributed by atoms with van der Waals surface area (Å²) in [5.74, 6) is 0. The van der Waals surface area contributed by atoms with Gasteiger partial charge in [-0.15, -0.1) is 0 Å². The molecule has 3 atom stereocenters. The molecule has 0 aromatic heterocycles. The minimum Gasteiger partial charge on any atom is -0.242 e. The van der Waals surface area contributed by atoms with Gasteiger partial charge >= 0.3 is 0 Å². The van der Waals surface area contributed by atoms with Gasteiger partial charge in [0.2, 0.25) is 15.3 Å². The molecular weight excluding hydrogens is 409 g/mol. The van der Waals surface area contributed by atoms with Crippen LogP contribution < -0.4 is 4.72 Å². The topological polar surface area (TPSA) is 63.2 Å². The highest BCUT2D eigenvalue weighted by atomic mass is 32.2. The highest BCUT2D eigenvalue weighted by Gasteiger charge is 2.50. The van der Waals surface area contributed by atoms with Crippen molar-refractivity contribution in [2.75, 3.05) is 0 Å². The molecule has 7 heteroatoms. The fraction of sp³-hybridized carbons (Fsp3) is 0.455. The van der Waals surface area contributed by atoms with Gasteiger partial charge in [-0.25, -0.2) is 21.7 Å². The van der Waals surface area contributed by atoms with E-state index in [2.05, 4.69) is 4.72 Å². The Morgan fingerprint density at radius 3 is 2.00 bits per heavy atom. The molecule has 4 nitrogen and oxygen atoms in total. The summed E-state index contributed by atoms with van der Waals surface area (Å²) in [5.41, 5.74) is -3.47. The largest absolute Gasteiger partial charge is 0.242 e. The molecule has 0 saturated heterocycles. The maximum absolute atomic E-state index is 16.2. The van der Waals surface area contributed by atoms with Gasteiger partial charge in [0.1, 0.15) is 5.54 Å². The number of sulfone groups is 1. The molecule has 0 saturated carbocycles. The Morgan fingerprint density at radius 1 is 1.00 bits per heavy atom. The molecule has 0 bridgehead atoms. The quantitative estimate of drug-likeness (QED) is 0.605. The summed E-state index contributed by atoms with van der Waals surface area (Å²) in [4.78, 5) is -0.0901. The van der Waals surface area contributed by atoms with E-state index in [1.54, 1.807) is 69.3 Å². The van der Waals surface area contributed by atoms with Crippen LogP contribution in [-0.4, -0.2) is 22.9 Å². The smallest absolute Gasteiger partial charge is 0.228 e. The third-order valence-electron chi connectivity index (χ3n) is 4.78. The maximum atomic E-state index is 16.2. The lowest BCUT2D eigenvalue weighted by molar-refractivity contribution is 0.222. The van der Waals surface area contributed by atoms with Crippen LogP contribution in [0.2, 0.25) is 0 Å². The van der Waals surface area contributed by atoms with E-state index in [1.165, 1.54) is 12.1 Å². The van der Waals surface area contributed by atoms with E-state index in [9.17, 15) is 12.6 Å². The van der Waals surface area contributed by atoms with Crippen LogP contribution in [0.5, 0.6) is 0 Å². The first kappa shape index (κ1) is 23.7. The zero-order valence-electron chi connectivity index (χ0n) is 17.4. The van der Waals surface area contributed by atoms with Gasteiger partial charge in [0, 0.05) is 0 Å². The van der Waals surface area contributed by atoms with Gasteiger partial charge in [-0.05, 0) is 44.9 Å². The molecular formula is C22H30FNO3S2. The Bertz CT molecular complexity index is 912. The Balaban J connectivity index is 2.68. The van der Waals surface area contributed by atoms with E-state index in [0.29, 0.717) is 12.0 Å². The van der Waals surface area contributed by atoms with Crippen molar-refractivity contribution in [3.63, 3.8) is 0 Å². The SMILES string of the molecule is CCCC[C@@](NS(=O)C(C)(C)C)(c1ccccc1)[C@@H](F)S(=O)(=O)c1ccccc1. The normalized spacial score (nSPS) is 16.7. The van der Waals surface area contributed by atoms with Gasteiger partial charge in [0.25, 0.3) is 0 Å². The van der Waals surface area contributed by atoms with Gasteiger partial charge < -0.3 is 0 Å². The first-order chi connectivity index (χ1) is 13.6. The zero-order chi connectivity index (χ0) is 21.7. The molecule has 0 fully saturated rings. The molecule has 2 aromatic carbocycles. The van der Waals surface area contributed by atoms with Crippen LogP contribution in [0.4, 0.5) is 4.39 Å². The van der Waals surface area contributed by atoms with E-state index in [0.717, 1.165) is 6.42 Å². The van der Waals surface area contributed by atoms with Crippen LogP contribution in [0.15, 0.2) is 65.6 Å². The lowest BCUT2D eigenvalue weighted by Gasteiger charge is -2.39. The van der Waals surface area contributed by atoms with Crippen LogP contribution in [0.3, 0.4) is 0 Å². The predicted octanol–water partition coefficient (Wildman–Crippen LogP) is 4.89. The zero-order valence-corrected chi connectivity index (χ0v) is 19.0. The first-order valence-electron chi connectivity index (χ1n) is 9.74. The van der Waals surface area contributed by atoms with Crippen LogP contribution in [-0.2, 0) is 26.4 Å². The lowest BCUT2D eigenvalue weighted by atomic mass is 9.87. The van der Waals surface area contributed by atoms with Crippen LogP contribution in [0.1, 0.15) is 52.5 Å². The van der Waals surface area contributed by atoms with E-state index < -0.39 is 36.6 Å². The standard InChI is InChI=1S/C22H30FNO3S2/c1-5-6-17-22(18-13-9-7-10-14-18,24-28(25)21(2,3)4)20(23)29(26,27)19-15-11-8-12-16-19/h7-16,20,24H,5-6,17H2,1-4H3/t20-,22+,28?/m0/s1. The van der Waals surface area contributed by atoms with Crippen molar-refractivity contribution in [3.05, 3.63) is 66.2 Å². The third kappa shape index (κ3) is 5.32. The van der Waals surface area contributed by atoms with Gasteiger partial charge in [-0.2, -0.15) is 0 Å². The van der Waals surface area contributed by atoms with E-state index in [1.807, 2.05) is 6.92 Å². The van der Waals surface area contributed by atoms with Crippen molar-refractivity contribution in [1.82, 2.24) is 4.72 Å². The Labute approximate surface area is 176 Å². The molecule has 0 heterocycles. The third-order valence-corrected chi connectivity index (χ3v) is 8.31. The molecule has 0 aliphatic rings. The van der Waals surface area contributed by atoms with E-state index in [4.69, 9.17) is 0 Å². The van der Waals surface area contributed by atoms with Gasteiger partial charge in [0.05, 0.1) is 20.6 Å². The number of hydrogen-bond acceptors (Lipinski definition) is 3. The molecule has 1 unspecified atom stereocenters. The van der Waals surface area contributed by atoms with Crippen LogP contribution >= 0.6 is 0 Å². The molecule has 1 N–H and O–H groups in total.